The summed E-state index contributed by atoms with van der Waals surface area (Å²) < 4.78 is 5.32. The van der Waals surface area contributed by atoms with Crippen LogP contribution < -0.4 is 10.1 Å². The molecule has 0 atom stereocenters. The van der Waals surface area contributed by atoms with E-state index in [1.54, 1.807) is 7.11 Å². The average molecular weight is 318 g/mol. The Kier molecular flexibility index (Phi) is 6.62. The van der Waals surface area contributed by atoms with Crippen molar-refractivity contribution in [2.45, 2.75) is 31.8 Å². The van der Waals surface area contributed by atoms with Gasteiger partial charge in [-0.05, 0) is 25.5 Å². The standard InChI is InChI=1S/C18H26N2O3/c1-3-20(13-18(21)22)16-11-15(12-16)19-10-6-8-14-7-4-5-9-17(14)23-2/h4-9,15-16,19H,3,10-13H2,1-2H3,(H,21,22)/b8-6+. The number of ether oxygens (including phenoxy) is 1. The first-order valence-electron chi connectivity index (χ1n) is 8.12. The highest BCUT2D eigenvalue weighted by Crippen LogP contribution is 2.25. The van der Waals surface area contributed by atoms with Gasteiger partial charge in [0.1, 0.15) is 5.75 Å². The number of hydrogen-bond donors (Lipinski definition) is 2. The number of nitrogens with zero attached hydrogens (tertiary/aromatic N) is 1. The van der Waals surface area contributed by atoms with Crippen molar-refractivity contribution in [3.63, 3.8) is 0 Å². The Balaban J connectivity index is 1.70. The number of likely N-dealkylation sites (N-methyl/N-ethyl adjacent to an activating group) is 1. The van der Waals surface area contributed by atoms with Crippen LogP contribution in [-0.2, 0) is 4.79 Å². The molecular weight excluding hydrogens is 292 g/mol. The van der Waals surface area contributed by atoms with E-state index in [1.165, 1.54) is 0 Å². The summed E-state index contributed by atoms with van der Waals surface area (Å²) >= 11 is 0. The van der Waals surface area contributed by atoms with Gasteiger partial charge in [-0.3, -0.25) is 9.69 Å². The van der Waals surface area contributed by atoms with Crippen molar-refractivity contribution < 1.29 is 14.6 Å². The van der Waals surface area contributed by atoms with Crippen molar-refractivity contribution in [2.24, 2.45) is 0 Å². The van der Waals surface area contributed by atoms with E-state index in [4.69, 9.17) is 9.84 Å². The van der Waals surface area contributed by atoms with Crippen LogP contribution in [0.25, 0.3) is 6.08 Å². The molecule has 5 nitrogen and oxygen atoms in total. The molecule has 2 rings (SSSR count). The third-order valence-electron chi connectivity index (χ3n) is 4.33. The van der Waals surface area contributed by atoms with Crippen molar-refractivity contribution >= 4 is 12.0 Å². The molecule has 1 fully saturated rings. The first kappa shape index (κ1) is 17.5. The quantitative estimate of drug-likeness (QED) is 0.731. The van der Waals surface area contributed by atoms with Gasteiger partial charge in [-0.15, -0.1) is 0 Å². The first-order valence-corrected chi connectivity index (χ1v) is 8.12. The fourth-order valence-electron chi connectivity index (χ4n) is 2.95. The van der Waals surface area contributed by atoms with E-state index in [9.17, 15) is 4.79 Å². The van der Waals surface area contributed by atoms with Gasteiger partial charge in [0.15, 0.2) is 0 Å². The molecule has 1 aromatic rings. The molecule has 0 bridgehead atoms. The number of para-hydroxylation sites is 1. The number of nitrogens with one attached hydrogen (secondary N) is 1. The van der Waals surface area contributed by atoms with Crippen LogP contribution in [0.5, 0.6) is 5.75 Å². The monoisotopic (exact) mass is 318 g/mol. The minimum atomic E-state index is -0.747. The molecule has 23 heavy (non-hydrogen) atoms. The number of benzene rings is 1. The maximum absolute atomic E-state index is 10.8. The molecule has 2 N–H and O–H groups in total. The van der Waals surface area contributed by atoms with Crippen molar-refractivity contribution in [1.29, 1.82) is 0 Å². The highest BCUT2D eigenvalue weighted by molar-refractivity contribution is 5.69. The summed E-state index contributed by atoms with van der Waals surface area (Å²) in [6, 6.07) is 8.80. The Hall–Kier alpha value is -1.85. The number of hydrogen-bond acceptors (Lipinski definition) is 4. The van der Waals surface area contributed by atoms with Crippen LogP contribution in [0.15, 0.2) is 30.3 Å². The molecule has 0 saturated heterocycles. The lowest BCUT2D eigenvalue weighted by atomic mass is 9.85. The van der Waals surface area contributed by atoms with Crippen LogP contribution in [0.2, 0.25) is 0 Å². The zero-order valence-electron chi connectivity index (χ0n) is 13.9. The Labute approximate surface area is 137 Å². The minimum Gasteiger partial charge on any atom is -0.496 e. The fourth-order valence-corrected chi connectivity index (χ4v) is 2.95. The topological polar surface area (TPSA) is 61.8 Å². The van der Waals surface area contributed by atoms with Crippen LogP contribution >= 0.6 is 0 Å². The molecule has 0 heterocycles. The van der Waals surface area contributed by atoms with E-state index in [0.717, 1.165) is 37.2 Å². The van der Waals surface area contributed by atoms with E-state index in [1.807, 2.05) is 36.1 Å². The van der Waals surface area contributed by atoms with Gasteiger partial charge >= 0.3 is 5.97 Å². The van der Waals surface area contributed by atoms with Gasteiger partial charge in [-0.25, -0.2) is 0 Å². The predicted molar refractivity (Wildman–Crippen MR) is 91.7 cm³/mol. The summed E-state index contributed by atoms with van der Waals surface area (Å²) in [5.41, 5.74) is 1.07. The highest BCUT2D eigenvalue weighted by Gasteiger charge is 2.33. The van der Waals surface area contributed by atoms with Gasteiger partial charge in [0.05, 0.1) is 13.7 Å². The normalized spacial score (nSPS) is 20.7. The summed E-state index contributed by atoms with van der Waals surface area (Å²) in [7, 11) is 1.68. The van der Waals surface area contributed by atoms with Crippen molar-refractivity contribution in [3.05, 3.63) is 35.9 Å². The lowest BCUT2D eigenvalue weighted by Crippen LogP contribution is -2.53. The summed E-state index contributed by atoms with van der Waals surface area (Å²) in [6.07, 6.45) is 6.19. The zero-order valence-corrected chi connectivity index (χ0v) is 13.9. The molecule has 0 spiro atoms. The second-order valence-corrected chi connectivity index (χ2v) is 5.83. The van der Waals surface area contributed by atoms with Crippen LogP contribution in [-0.4, -0.2) is 54.8 Å². The Bertz CT molecular complexity index is 539. The highest BCUT2D eigenvalue weighted by atomic mass is 16.5. The first-order chi connectivity index (χ1) is 11.1. The smallest absolute Gasteiger partial charge is 0.317 e. The summed E-state index contributed by atoms with van der Waals surface area (Å²) in [5, 5.41) is 12.4. The van der Waals surface area contributed by atoms with E-state index in [0.29, 0.717) is 12.1 Å². The molecule has 0 aromatic heterocycles. The van der Waals surface area contributed by atoms with E-state index < -0.39 is 5.97 Å². The number of methoxy groups -OCH3 is 1. The largest absolute Gasteiger partial charge is 0.496 e. The number of rotatable bonds is 9. The number of carboxylic acid groups (broad SMARTS) is 1. The number of carbonyl (C=O) groups is 1. The van der Waals surface area contributed by atoms with Crippen LogP contribution in [0.4, 0.5) is 0 Å². The van der Waals surface area contributed by atoms with Gasteiger partial charge in [-0.1, -0.05) is 37.3 Å². The Morgan fingerprint density at radius 1 is 1.43 bits per heavy atom. The van der Waals surface area contributed by atoms with Gasteiger partial charge in [0, 0.05) is 24.2 Å². The van der Waals surface area contributed by atoms with Crippen molar-refractivity contribution in [1.82, 2.24) is 10.2 Å². The molecule has 0 unspecified atom stereocenters. The molecule has 0 amide bonds. The lowest BCUT2D eigenvalue weighted by molar-refractivity contribution is -0.139. The van der Waals surface area contributed by atoms with Crippen molar-refractivity contribution in [2.75, 3.05) is 26.7 Å². The lowest BCUT2D eigenvalue weighted by Gasteiger charge is -2.42. The van der Waals surface area contributed by atoms with Gasteiger partial charge in [-0.2, -0.15) is 0 Å². The Morgan fingerprint density at radius 3 is 2.83 bits per heavy atom. The molecule has 126 valence electrons. The maximum atomic E-state index is 10.8. The van der Waals surface area contributed by atoms with E-state index >= 15 is 0 Å². The molecule has 0 radical (unpaired) electrons. The molecule has 0 aliphatic heterocycles. The Morgan fingerprint density at radius 2 is 2.17 bits per heavy atom. The maximum Gasteiger partial charge on any atom is 0.317 e. The molecular formula is C18H26N2O3. The third kappa shape index (κ3) is 5.08. The van der Waals surface area contributed by atoms with Gasteiger partial charge < -0.3 is 15.2 Å². The molecule has 1 aromatic carbocycles. The molecule has 1 aliphatic rings. The van der Waals surface area contributed by atoms with Crippen molar-refractivity contribution in [3.8, 4) is 5.75 Å². The molecule has 1 aliphatic carbocycles. The second kappa shape index (κ2) is 8.70. The summed E-state index contributed by atoms with van der Waals surface area (Å²) in [5.74, 6) is 0.128. The van der Waals surface area contributed by atoms with Crippen LogP contribution in [0, 0.1) is 0 Å². The van der Waals surface area contributed by atoms with Crippen LogP contribution in [0.1, 0.15) is 25.3 Å². The third-order valence-corrected chi connectivity index (χ3v) is 4.33. The average Bonchev–Trinajstić information content (AvgIpc) is 2.51. The van der Waals surface area contributed by atoms with Gasteiger partial charge in [0.25, 0.3) is 0 Å². The molecule has 1 saturated carbocycles. The zero-order chi connectivity index (χ0) is 16.7. The minimum absolute atomic E-state index is 0.140. The number of carboxylic acids is 1. The summed E-state index contributed by atoms with van der Waals surface area (Å²) in [4.78, 5) is 12.8. The SMILES string of the molecule is CCN(CC(=O)O)C1CC(NC/C=C/c2ccccc2OC)C1. The molecule has 5 heteroatoms. The number of aliphatic carboxylic acids is 1. The van der Waals surface area contributed by atoms with Crippen LogP contribution in [0.3, 0.4) is 0 Å². The second-order valence-electron chi connectivity index (χ2n) is 5.83. The van der Waals surface area contributed by atoms with Gasteiger partial charge in [0.2, 0.25) is 0 Å². The fraction of sp³-hybridized carbons (Fsp3) is 0.500. The van der Waals surface area contributed by atoms with E-state index in [2.05, 4.69) is 17.5 Å². The van der Waals surface area contributed by atoms with E-state index in [-0.39, 0.29) is 6.54 Å². The predicted octanol–water partition coefficient (Wildman–Crippen LogP) is 2.24. The summed E-state index contributed by atoms with van der Waals surface area (Å²) in [6.45, 7) is 3.75.